The van der Waals surface area contributed by atoms with E-state index in [0.29, 0.717) is 22.6 Å². The first-order valence-electron chi connectivity index (χ1n) is 5.69. The summed E-state index contributed by atoms with van der Waals surface area (Å²) in [5.74, 6) is 0.185. The molecule has 0 bridgehead atoms. The molecule has 0 aliphatic rings. The Morgan fingerprint density at radius 3 is 2.53 bits per heavy atom. The average molecular weight is 252 g/mol. The zero-order valence-electron chi connectivity index (χ0n) is 10.4. The van der Waals surface area contributed by atoms with Crippen molar-refractivity contribution in [3.63, 3.8) is 0 Å². The molecule has 0 aliphatic heterocycles. The molecule has 0 aromatic heterocycles. The lowest BCUT2D eigenvalue weighted by atomic mass is 10.1. The lowest BCUT2D eigenvalue weighted by Gasteiger charge is -2.11. The van der Waals surface area contributed by atoms with E-state index in [9.17, 15) is 4.79 Å². The number of benzene rings is 2. The molecule has 0 unspecified atom stereocenters. The molecule has 19 heavy (non-hydrogen) atoms. The molecule has 2 aromatic carbocycles. The van der Waals surface area contributed by atoms with Gasteiger partial charge in [-0.05, 0) is 24.3 Å². The smallest absolute Gasteiger partial charge is 0.255 e. The monoisotopic (exact) mass is 252 g/mol. The highest BCUT2D eigenvalue weighted by Crippen LogP contribution is 2.28. The molecule has 0 radical (unpaired) electrons. The average Bonchev–Trinajstić information content (AvgIpc) is 2.48. The summed E-state index contributed by atoms with van der Waals surface area (Å²) in [6.45, 7) is 0. The van der Waals surface area contributed by atoms with Crippen molar-refractivity contribution in [3.05, 3.63) is 59.7 Å². The second-order valence-electron chi connectivity index (χ2n) is 3.81. The molecule has 94 valence electrons. The van der Waals surface area contributed by atoms with Gasteiger partial charge in [0.1, 0.15) is 17.5 Å². The highest BCUT2D eigenvalue weighted by molar-refractivity contribution is 6.05. The van der Waals surface area contributed by atoms with E-state index >= 15 is 0 Å². The number of nitriles is 1. The summed E-state index contributed by atoms with van der Waals surface area (Å²) < 4.78 is 5.16. The Labute approximate surface area is 111 Å². The standard InChI is InChI=1S/C15H12N2O2/c1-19-13-9-5-8-12(10-16)14(13)17-15(18)11-6-3-2-4-7-11/h2-9H,1H3,(H,17,18). The fraction of sp³-hybridized carbons (Fsp3) is 0.0667. The predicted octanol–water partition coefficient (Wildman–Crippen LogP) is 2.82. The van der Waals surface area contributed by atoms with Crippen LogP contribution < -0.4 is 10.1 Å². The molecule has 2 rings (SSSR count). The van der Waals surface area contributed by atoms with Gasteiger partial charge in [-0.15, -0.1) is 0 Å². The molecule has 1 amide bonds. The number of nitrogens with one attached hydrogen (secondary N) is 1. The molecule has 0 aliphatic carbocycles. The number of para-hydroxylation sites is 1. The van der Waals surface area contributed by atoms with Gasteiger partial charge in [0.2, 0.25) is 0 Å². The van der Waals surface area contributed by atoms with Crippen molar-refractivity contribution in [1.82, 2.24) is 0 Å². The molecule has 0 heterocycles. The third-order valence-corrected chi connectivity index (χ3v) is 2.64. The van der Waals surface area contributed by atoms with Gasteiger partial charge in [0, 0.05) is 5.56 Å². The van der Waals surface area contributed by atoms with Crippen LogP contribution in [0.25, 0.3) is 0 Å². The van der Waals surface area contributed by atoms with Crippen LogP contribution in [0, 0.1) is 11.3 Å². The first-order chi connectivity index (χ1) is 9.26. The van der Waals surface area contributed by atoms with Crippen molar-refractivity contribution < 1.29 is 9.53 Å². The van der Waals surface area contributed by atoms with Crippen LogP contribution in [-0.2, 0) is 0 Å². The normalized spacial score (nSPS) is 9.47. The third kappa shape index (κ3) is 2.72. The minimum atomic E-state index is -0.276. The molecule has 0 fully saturated rings. The summed E-state index contributed by atoms with van der Waals surface area (Å²) in [7, 11) is 1.49. The first-order valence-corrected chi connectivity index (χ1v) is 5.69. The van der Waals surface area contributed by atoms with Gasteiger partial charge in [-0.25, -0.2) is 0 Å². The van der Waals surface area contributed by atoms with Gasteiger partial charge in [-0.2, -0.15) is 5.26 Å². The summed E-state index contributed by atoms with van der Waals surface area (Å²) in [5.41, 5.74) is 1.28. The van der Waals surface area contributed by atoms with E-state index in [4.69, 9.17) is 10.00 Å². The minimum Gasteiger partial charge on any atom is -0.495 e. The fourth-order valence-electron chi connectivity index (χ4n) is 1.70. The SMILES string of the molecule is COc1cccc(C#N)c1NC(=O)c1ccccc1. The van der Waals surface area contributed by atoms with E-state index in [1.807, 2.05) is 12.1 Å². The van der Waals surface area contributed by atoms with Crippen molar-refractivity contribution in [3.8, 4) is 11.8 Å². The van der Waals surface area contributed by atoms with Crippen molar-refractivity contribution in [1.29, 1.82) is 5.26 Å². The Balaban J connectivity index is 2.34. The Morgan fingerprint density at radius 1 is 1.16 bits per heavy atom. The molecular formula is C15H12N2O2. The molecule has 4 nitrogen and oxygen atoms in total. The molecule has 0 saturated carbocycles. The zero-order chi connectivity index (χ0) is 13.7. The van der Waals surface area contributed by atoms with Crippen molar-refractivity contribution >= 4 is 11.6 Å². The molecule has 1 N–H and O–H groups in total. The number of anilines is 1. The van der Waals surface area contributed by atoms with Gasteiger partial charge in [0.25, 0.3) is 5.91 Å². The highest BCUT2D eigenvalue weighted by atomic mass is 16.5. The second kappa shape index (κ2) is 5.69. The van der Waals surface area contributed by atoms with Gasteiger partial charge in [0.05, 0.1) is 12.7 Å². The van der Waals surface area contributed by atoms with Crippen LogP contribution in [0.4, 0.5) is 5.69 Å². The summed E-state index contributed by atoms with van der Waals surface area (Å²) in [6, 6.07) is 15.9. The number of carbonyl (C=O) groups is 1. The fourth-order valence-corrected chi connectivity index (χ4v) is 1.70. The quantitative estimate of drug-likeness (QED) is 0.913. The number of rotatable bonds is 3. The maximum Gasteiger partial charge on any atom is 0.255 e. The van der Waals surface area contributed by atoms with Crippen LogP contribution in [0.3, 0.4) is 0 Å². The number of carbonyl (C=O) groups excluding carboxylic acids is 1. The number of hydrogen-bond donors (Lipinski definition) is 1. The van der Waals surface area contributed by atoms with E-state index in [2.05, 4.69) is 5.32 Å². The van der Waals surface area contributed by atoms with Gasteiger partial charge < -0.3 is 10.1 Å². The van der Waals surface area contributed by atoms with Gasteiger partial charge in [0.15, 0.2) is 0 Å². The van der Waals surface area contributed by atoms with E-state index in [-0.39, 0.29) is 5.91 Å². The maximum absolute atomic E-state index is 12.1. The third-order valence-electron chi connectivity index (χ3n) is 2.64. The van der Waals surface area contributed by atoms with Crippen LogP contribution in [0.15, 0.2) is 48.5 Å². The lowest BCUT2D eigenvalue weighted by molar-refractivity contribution is 0.102. The number of amides is 1. The Hall–Kier alpha value is -2.80. The van der Waals surface area contributed by atoms with Gasteiger partial charge in [-0.1, -0.05) is 24.3 Å². The van der Waals surface area contributed by atoms with E-state index in [1.165, 1.54) is 7.11 Å². The molecule has 0 saturated heterocycles. The summed E-state index contributed by atoms with van der Waals surface area (Å²) in [5, 5.41) is 11.8. The number of methoxy groups -OCH3 is 1. The van der Waals surface area contributed by atoms with Crippen molar-refractivity contribution in [2.24, 2.45) is 0 Å². The Morgan fingerprint density at radius 2 is 1.89 bits per heavy atom. The van der Waals surface area contributed by atoms with Crippen molar-refractivity contribution in [2.45, 2.75) is 0 Å². The second-order valence-corrected chi connectivity index (χ2v) is 3.81. The minimum absolute atomic E-state index is 0.276. The highest BCUT2D eigenvalue weighted by Gasteiger charge is 2.13. The first kappa shape index (κ1) is 12.7. The van der Waals surface area contributed by atoms with Gasteiger partial charge >= 0.3 is 0 Å². The summed E-state index contributed by atoms with van der Waals surface area (Å²) in [4.78, 5) is 12.1. The van der Waals surface area contributed by atoms with Gasteiger partial charge in [-0.3, -0.25) is 4.79 Å². The molecule has 0 atom stereocenters. The summed E-state index contributed by atoms with van der Waals surface area (Å²) >= 11 is 0. The van der Waals surface area contributed by atoms with Crippen LogP contribution in [-0.4, -0.2) is 13.0 Å². The number of hydrogen-bond acceptors (Lipinski definition) is 3. The van der Waals surface area contributed by atoms with E-state index < -0.39 is 0 Å². The Kier molecular flexibility index (Phi) is 3.79. The van der Waals surface area contributed by atoms with Crippen LogP contribution in [0.2, 0.25) is 0 Å². The van der Waals surface area contributed by atoms with Crippen molar-refractivity contribution in [2.75, 3.05) is 12.4 Å². The predicted molar refractivity (Wildman–Crippen MR) is 72.1 cm³/mol. The maximum atomic E-state index is 12.1. The van der Waals surface area contributed by atoms with E-state index in [0.717, 1.165) is 0 Å². The zero-order valence-corrected chi connectivity index (χ0v) is 10.4. The van der Waals surface area contributed by atoms with E-state index in [1.54, 1.807) is 42.5 Å². The molecule has 4 heteroatoms. The number of ether oxygens (including phenoxy) is 1. The number of nitrogens with zero attached hydrogens (tertiary/aromatic N) is 1. The lowest BCUT2D eigenvalue weighted by Crippen LogP contribution is -2.13. The van der Waals surface area contributed by atoms with Crippen LogP contribution >= 0.6 is 0 Å². The summed E-state index contributed by atoms with van der Waals surface area (Å²) in [6.07, 6.45) is 0. The molecular weight excluding hydrogens is 240 g/mol. The molecule has 2 aromatic rings. The van der Waals surface area contributed by atoms with Crippen LogP contribution in [0.5, 0.6) is 5.75 Å². The Bertz CT molecular complexity index is 630. The van der Waals surface area contributed by atoms with Crippen LogP contribution in [0.1, 0.15) is 15.9 Å². The topological polar surface area (TPSA) is 62.1 Å². The largest absolute Gasteiger partial charge is 0.495 e. The molecule has 0 spiro atoms.